The number of Topliss-reactive ketones (excluding diaryl/α,β-unsaturated/α-hetero) is 1. The zero-order valence-corrected chi connectivity index (χ0v) is 20.0. The average Bonchev–Trinajstić information content (AvgIpc) is 3.48. The van der Waals surface area contributed by atoms with E-state index in [2.05, 4.69) is 10.2 Å². The van der Waals surface area contributed by atoms with E-state index >= 15 is 0 Å². The predicted molar refractivity (Wildman–Crippen MR) is 124 cm³/mol. The molecule has 1 unspecified atom stereocenters. The molecular weight excluding hydrogens is 459 g/mol. The molecule has 0 amide bonds. The molecule has 34 heavy (non-hydrogen) atoms. The summed E-state index contributed by atoms with van der Waals surface area (Å²) in [5, 5.41) is 8.60. The Morgan fingerprint density at radius 1 is 1.21 bits per heavy atom. The van der Waals surface area contributed by atoms with Gasteiger partial charge in [-0.25, -0.2) is 12.8 Å². The minimum atomic E-state index is -3.77. The standard InChI is InChI=1S/C24H29FN4O4S/c1-2-28-10-7-17(27-28)14-23(30)22(13-16-8-11-33-12-9-16)29-21-6-5-20(25)24(19(21)15-26-29)34(31,32)18-3-4-18/h5-7,10,15-16,18,22H,2-4,8-9,11-14H2,1H3. The normalized spacial score (nSPS) is 18.4. The molecule has 5 rings (SSSR count). The highest BCUT2D eigenvalue weighted by atomic mass is 32.2. The van der Waals surface area contributed by atoms with Gasteiger partial charge in [-0.15, -0.1) is 0 Å². The van der Waals surface area contributed by atoms with Crippen LogP contribution in [0.3, 0.4) is 0 Å². The summed E-state index contributed by atoms with van der Waals surface area (Å²) in [5.74, 6) is -0.532. The third-order valence-electron chi connectivity index (χ3n) is 6.87. The van der Waals surface area contributed by atoms with Gasteiger partial charge in [0, 0.05) is 31.3 Å². The number of nitrogens with zero attached hydrogens (tertiary/aromatic N) is 4. The summed E-state index contributed by atoms with van der Waals surface area (Å²) in [5.41, 5.74) is 1.15. The summed E-state index contributed by atoms with van der Waals surface area (Å²) < 4.78 is 49.5. The smallest absolute Gasteiger partial charge is 0.184 e. The van der Waals surface area contributed by atoms with Crippen molar-refractivity contribution in [2.75, 3.05) is 13.2 Å². The quantitative estimate of drug-likeness (QED) is 0.457. The Kier molecular flexibility index (Phi) is 6.28. The van der Waals surface area contributed by atoms with Crippen LogP contribution in [0.25, 0.3) is 10.9 Å². The van der Waals surface area contributed by atoms with Crippen LogP contribution in [-0.2, 0) is 32.3 Å². The van der Waals surface area contributed by atoms with Crippen LogP contribution in [0.15, 0.2) is 35.5 Å². The number of ether oxygens (including phenoxy) is 1. The van der Waals surface area contributed by atoms with Gasteiger partial charge in [-0.1, -0.05) is 0 Å². The molecule has 1 aliphatic carbocycles. The molecule has 0 bridgehead atoms. The fourth-order valence-electron chi connectivity index (χ4n) is 4.79. The highest BCUT2D eigenvalue weighted by Crippen LogP contribution is 2.39. The Balaban J connectivity index is 1.53. The van der Waals surface area contributed by atoms with Gasteiger partial charge in [-0.3, -0.25) is 14.2 Å². The Bertz CT molecular complexity index is 1310. The van der Waals surface area contributed by atoms with Gasteiger partial charge in [0.05, 0.1) is 29.1 Å². The molecule has 8 nitrogen and oxygen atoms in total. The summed E-state index contributed by atoms with van der Waals surface area (Å²) in [6.45, 7) is 4.00. The number of carbonyl (C=O) groups excluding carboxylic acids is 1. The summed E-state index contributed by atoms with van der Waals surface area (Å²) in [6, 6.07) is 3.94. The first-order chi connectivity index (χ1) is 16.4. The average molecular weight is 489 g/mol. The monoisotopic (exact) mass is 488 g/mol. The van der Waals surface area contributed by atoms with E-state index in [-0.39, 0.29) is 28.4 Å². The van der Waals surface area contributed by atoms with E-state index in [0.717, 1.165) is 12.8 Å². The first-order valence-corrected chi connectivity index (χ1v) is 13.5. The van der Waals surface area contributed by atoms with Crippen molar-refractivity contribution in [3.63, 3.8) is 0 Å². The number of benzene rings is 1. The van der Waals surface area contributed by atoms with Gasteiger partial charge in [0.2, 0.25) is 0 Å². The second-order valence-electron chi connectivity index (χ2n) is 9.26. The molecule has 3 heterocycles. The number of hydrogen-bond donors (Lipinski definition) is 0. The number of sulfone groups is 1. The minimum Gasteiger partial charge on any atom is -0.381 e. The second-order valence-corrected chi connectivity index (χ2v) is 11.4. The molecule has 2 fully saturated rings. The lowest BCUT2D eigenvalue weighted by molar-refractivity contribution is -0.122. The van der Waals surface area contributed by atoms with Crippen LogP contribution in [-0.4, -0.2) is 52.2 Å². The number of halogens is 1. The van der Waals surface area contributed by atoms with Crippen molar-refractivity contribution in [2.24, 2.45) is 5.92 Å². The first kappa shape index (κ1) is 23.2. The molecule has 3 aromatic rings. The number of aryl methyl sites for hydroxylation is 1. The van der Waals surface area contributed by atoms with Gasteiger partial charge in [-0.2, -0.15) is 10.2 Å². The third-order valence-corrected chi connectivity index (χ3v) is 9.20. The number of aromatic nitrogens is 4. The van der Waals surface area contributed by atoms with E-state index < -0.39 is 26.9 Å². The lowest BCUT2D eigenvalue weighted by Gasteiger charge is -2.26. The van der Waals surface area contributed by atoms with Crippen LogP contribution in [0.5, 0.6) is 0 Å². The van der Waals surface area contributed by atoms with Crippen molar-refractivity contribution < 1.29 is 22.3 Å². The highest BCUT2D eigenvalue weighted by molar-refractivity contribution is 7.92. The van der Waals surface area contributed by atoms with Crippen LogP contribution >= 0.6 is 0 Å². The fourth-order valence-corrected chi connectivity index (χ4v) is 6.68. The number of rotatable bonds is 9. The van der Waals surface area contributed by atoms with Crippen molar-refractivity contribution in [2.45, 2.75) is 68.2 Å². The topological polar surface area (TPSA) is 96.1 Å². The van der Waals surface area contributed by atoms with Gasteiger partial charge in [0.25, 0.3) is 0 Å². The van der Waals surface area contributed by atoms with Crippen LogP contribution in [0.4, 0.5) is 4.39 Å². The molecule has 1 saturated heterocycles. The van der Waals surface area contributed by atoms with Crippen molar-refractivity contribution in [3.05, 3.63) is 42.1 Å². The summed E-state index contributed by atoms with van der Waals surface area (Å²) in [4.78, 5) is 13.3. The van der Waals surface area contributed by atoms with Crippen LogP contribution in [0, 0.1) is 11.7 Å². The molecule has 2 aliphatic rings. The molecule has 1 aliphatic heterocycles. The van der Waals surface area contributed by atoms with Crippen molar-refractivity contribution in [3.8, 4) is 0 Å². The van der Waals surface area contributed by atoms with Crippen LogP contribution < -0.4 is 0 Å². The Morgan fingerprint density at radius 3 is 2.65 bits per heavy atom. The van der Waals surface area contributed by atoms with Crippen LogP contribution in [0.1, 0.15) is 50.8 Å². The molecule has 182 valence electrons. The summed E-state index contributed by atoms with van der Waals surface area (Å²) in [6.07, 6.45) is 6.74. The minimum absolute atomic E-state index is 0.0474. The summed E-state index contributed by atoms with van der Waals surface area (Å²) >= 11 is 0. The summed E-state index contributed by atoms with van der Waals surface area (Å²) in [7, 11) is -3.77. The second kappa shape index (κ2) is 9.22. The zero-order valence-electron chi connectivity index (χ0n) is 19.2. The molecule has 1 atom stereocenters. The fraction of sp³-hybridized carbons (Fsp3) is 0.542. The molecular formula is C24H29FN4O4S. The van der Waals surface area contributed by atoms with Gasteiger partial charge in [-0.05, 0) is 63.1 Å². The first-order valence-electron chi connectivity index (χ1n) is 11.9. The van der Waals surface area contributed by atoms with Crippen LogP contribution in [0.2, 0.25) is 0 Å². The number of carbonyl (C=O) groups is 1. The molecule has 1 aromatic carbocycles. The maximum absolute atomic E-state index is 14.8. The van der Waals surface area contributed by atoms with E-state index in [1.165, 1.54) is 18.3 Å². The van der Waals surface area contributed by atoms with Crippen molar-refractivity contribution in [1.29, 1.82) is 0 Å². The van der Waals surface area contributed by atoms with Gasteiger partial charge >= 0.3 is 0 Å². The van der Waals surface area contributed by atoms with E-state index in [0.29, 0.717) is 50.2 Å². The SMILES string of the molecule is CCn1ccc(CC(=O)C(CC2CCOCC2)n2ncc3c(S(=O)(=O)C4CC4)c(F)ccc32)n1. The largest absolute Gasteiger partial charge is 0.381 e. The van der Waals surface area contributed by atoms with Crippen molar-refractivity contribution in [1.82, 2.24) is 19.6 Å². The molecule has 0 spiro atoms. The van der Waals surface area contributed by atoms with E-state index in [1.807, 2.05) is 19.2 Å². The lowest BCUT2D eigenvalue weighted by Crippen LogP contribution is -2.27. The Labute approximate surface area is 198 Å². The maximum atomic E-state index is 14.8. The van der Waals surface area contributed by atoms with Crippen molar-refractivity contribution >= 4 is 26.5 Å². The third kappa shape index (κ3) is 4.40. The molecule has 0 N–H and O–H groups in total. The van der Waals surface area contributed by atoms with E-state index in [4.69, 9.17) is 4.74 Å². The number of fused-ring (bicyclic) bond motifs is 1. The van der Waals surface area contributed by atoms with Gasteiger partial charge in [0.15, 0.2) is 15.6 Å². The Morgan fingerprint density at radius 2 is 1.97 bits per heavy atom. The van der Waals surface area contributed by atoms with Gasteiger partial charge < -0.3 is 4.74 Å². The predicted octanol–water partition coefficient (Wildman–Crippen LogP) is 3.50. The van der Waals surface area contributed by atoms with E-state index in [1.54, 1.807) is 9.36 Å². The Hall–Kier alpha value is -2.59. The number of hydrogen-bond acceptors (Lipinski definition) is 6. The highest BCUT2D eigenvalue weighted by Gasteiger charge is 2.40. The molecule has 2 aromatic heterocycles. The molecule has 0 radical (unpaired) electrons. The zero-order chi connectivity index (χ0) is 23.9. The van der Waals surface area contributed by atoms with Gasteiger partial charge in [0.1, 0.15) is 16.8 Å². The lowest BCUT2D eigenvalue weighted by atomic mass is 9.90. The molecule has 1 saturated carbocycles. The van der Waals surface area contributed by atoms with E-state index in [9.17, 15) is 17.6 Å². The number of ketones is 1. The maximum Gasteiger partial charge on any atom is 0.184 e. The molecule has 10 heteroatoms.